The molecule has 2 bridgehead atoms. The molecule has 0 radical (unpaired) electrons. The van der Waals surface area contributed by atoms with Gasteiger partial charge in [-0.25, -0.2) is 13.2 Å². The maximum atomic E-state index is 13.4. The highest BCUT2D eigenvalue weighted by Gasteiger charge is 2.36. The van der Waals surface area contributed by atoms with E-state index in [0.717, 1.165) is 34.7 Å². The van der Waals surface area contributed by atoms with Gasteiger partial charge in [0.15, 0.2) is 17.5 Å². The summed E-state index contributed by atoms with van der Waals surface area (Å²) >= 11 is 0. The average molecular weight is 466 g/mol. The summed E-state index contributed by atoms with van der Waals surface area (Å²) in [5, 5.41) is 0. The van der Waals surface area contributed by atoms with E-state index in [1.54, 1.807) is 9.80 Å². The van der Waals surface area contributed by atoms with Gasteiger partial charge in [-0.2, -0.15) is 0 Å². The van der Waals surface area contributed by atoms with Crippen LogP contribution in [0.25, 0.3) is 5.57 Å². The second-order valence-corrected chi connectivity index (χ2v) is 8.37. The van der Waals surface area contributed by atoms with Crippen LogP contribution in [0.5, 0.6) is 5.75 Å². The fraction of sp³-hybridized carbons (Fsp3) is 0.231. The minimum absolute atomic E-state index is 0.0931. The number of carbonyl (C=O) groups excluding carboxylic acids is 2. The second kappa shape index (κ2) is 8.85. The summed E-state index contributed by atoms with van der Waals surface area (Å²) in [7, 11) is 0. The van der Waals surface area contributed by atoms with Gasteiger partial charge in [-0.05, 0) is 17.7 Å². The van der Waals surface area contributed by atoms with Gasteiger partial charge in [-0.3, -0.25) is 14.5 Å². The third-order valence-electron chi connectivity index (χ3n) is 6.17. The molecule has 174 valence electrons. The van der Waals surface area contributed by atoms with Crippen LogP contribution in [0, 0.1) is 17.5 Å². The monoisotopic (exact) mass is 466 g/mol. The quantitative estimate of drug-likeness (QED) is 0.479. The minimum Gasteiger partial charge on any atom is -0.490 e. The van der Waals surface area contributed by atoms with E-state index in [-0.39, 0.29) is 30.1 Å². The number of ether oxygens (including phenoxy) is 1. The van der Waals surface area contributed by atoms with Crippen LogP contribution >= 0.6 is 0 Å². The van der Waals surface area contributed by atoms with E-state index in [2.05, 4.69) is 0 Å². The Morgan fingerprint density at radius 2 is 1.62 bits per heavy atom. The molecule has 2 aromatic rings. The van der Waals surface area contributed by atoms with E-state index in [9.17, 15) is 22.8 Å². The molecule has 2 aromatic carbocycles. The van der Waals surface area contributed by atoms with E-state index in [0.29, 0.717) is 25.9 Å². The molecule has 8 heteroatoms. The van der Waals surface area contributed by atoms with Gasteiger partial charge >= 0.3 is 0 Å². The van der Waals surface area contributed by atoms with E-state index < -0.39 is 17.5 Å². The maximum Gasteiger partial charge on any atom is 0.241 e. The van der Waals surface area contributed by atoms with Gasteiger partial charge in [-0.1, -0.05) is 36.4 Å². The lowest BCUT2D eigenvalue weighted by Gasteiger charge is -2.39. The highest BCUT2D eigenvalue weighted by atomic mass is 19.2. The number of fused-ring (bicyclic) bond motifs is 2. The van der Waals surface area contributed by atoms with E-state index in [1.807, 2.05) is 48.6 Å². The number of hydrogen-bond donors (Lipinski definition) is 0. The Morgan fingerprint density at radius 3 is 2.26 bits per heavy atom. The van der Waals surface area contributed by atoms with Crippen molar-refractivity contribution < 1.29 is 27.5 Å². The molecule has 0 atom stereocenters. The number of halogens is 3. The summed E-state index contributed by atoms with van der Waals surface area (Å²) in [6, 6.07) is 11.3. The molecule has 0 unspecified atom stereocenters. The molecule has 0 aliphatic carbocycles. The number of benzene rings is 2. The Kier molecular flexibility index (Phi) is 5.73. The van der Waals surface area contributed by atoms with Crippen LogP contribution in [-0.4, -0.2) is 40.8 Å². The van der Waals surface area contributed by atoms with Crippen LogP contribution in [-0.2, 0) is 9.59 Å². The first-order chi connectivity index (χ1) is 16.4. The number of allylic oxidation sites excluding steroid dienone is 4. The van der Waals surface area contributed by atoms with Crippen molar-refractivity contribution in [2.75, 3.05) is 13.1 Å². The number of carbonyl (C=O) groups is 2. The third-order valence-corrected chi connectivity index (χ3v) is 6.17. The molecule has 0 saturated carbocycles. The van der Waals surface area contributed by atoms with Crippen LogP contribution in [0.3, 0.4) is 0 Å². The SMILES string of the molecule is O=C(CC(=O)N1c2ccc(-c3ccccc3)c1c2)N1CCC(Oc2cc(F)c(F)c(F)c2)CC1. The van der Waals surface area contributed by atoms with E-state index in [1.165, 1.54) is 0 Å². The van der Waals surface area contributed by atoms with E-state index >= 15 is 0 Å². The molecule has 5 nitrogen and oxygen atoms in total. The standard InChI is InChI=1S/C26H21F3N2O3/c27-21-13-19(14-22(28)26(21)29)34-18-8-10-30(11-9-18)24(32)15-25(33)31-17-6-7-20(23(31)12-17)16-4-2-1-3-5-16/h1-7,12-14,18H,8-11,15H2. The average Bonchev–Trinajstić information content (AvgIpc) is 2.83. The maximum absolute atomic E-state index is 13.4. The predicted octanol–water partition coefficient (Wildman–Crippen LogP) is 4.57. The first-order valence-corrected chi connectivity index (χ1v) is 11.0. The molecule has 3 aliphatic heterocycles. The largest absolute Gasteiger partial charge is 0.490 e. The van der Waals surface area contributed by atoms with Gasteiger partial charge in [0.1, 0.15) is 18.3 Å². The molecule has 2 amide bonds. The fourth-order valence-corrected chi connectivity index (χ4v) is 4.39. The third kappa shape index (κ3) is 4.11. The second-order valence-electron chi connectivity index (χ2n) is 8.37. The van der Waals surface area contributed by atoms with Gasteiger partial charge < -0.3 is 9.64 Å². The van der Waals surface area contributed by atoms with Gasteiger partial charge in [0.05, 0.1) is 11.4 Å². The topological polar surface area (TPSA) is 49.9 Å². The van der Waals surface area contributed by atoms with Crippen molar-refractivity contribution in [2.45, 2.75) is 25.4 Å². The number of rotatable bonds is 5. The molecule has 1 fully saturated rings. The highest BCUT2D eigenvalue weighted by Crippen LogP contribution is 2.41. The van der Waals surface area contributed by atoms with Gasteiger partial charge in [-0.15, -0.1) is 0 Å². The number of likely N-dealkylation sites (tertiary alicyclic amines) is 1. The van der Waals surface area contributed by atoms with Crippen molar-refractivity contribution in [3.63, 3.8) is 0 Å². The number of hydrogen-bond acceptors (Lipinski definition) is 3. The molecule has 0 N–H and O–H groups in total. The predicted molar refractivity (Wildman–Crippen MR) is 119 cm³/mol. The highest BCUT2D eigenvalue weighted by molar-refractivity contribution is 6.03. The number of nitrogens with zero attached hydrogens (tertiary/aromatic N) is 2. The molecule has 34 heavy (non-hydrogen) atoms. The van der Waals surface area contributed by atoms with Crippen molar-refractivity contribution >= 4 is 17.4 Å². The van der Waals surface area contributed by atoms with Crippen LogP contribution in [0.4, 0.5) is 13.2 Å². The van der Waals surface area contributed by atoms with Crippen LogP contribution in [0.15, 0.2) is 72.1 Å². The smallest absolute Gasteiger partial charge is 0.241 e. The first-order valence-electron chi connectivity index (χ1n) is 11.0. The number of piperidine rings is 1. The summed E-state index contributed by atoms with van der Waals surface area (Å²) in [5.41, 5.74) is 3.48. The van der Waals surface area contributed by atoms with E-state index in [4.69, 9.17) is 4.74 Å². The minimum atomic E-state index is -1.54. The Labute approximate surface area is 194 Å². The molecule has 0 spiro atoms. The fourth-order valence-electron chi connectivity index (χ4n) is 4.39. The summed E-state index contributed by atoms with van der Waals surface area (Å²) < 4.78 is 45.5. The zero-order chi connectivity index (χ0) is 23.8. The van der Waals surface area contributed by atoms with Crippen molar-refractivity contribution in [3.8, 4) is 5.75 Å². The van der Waals surface area contributed by atoms with Crippen molar-refractivity contribution in [1.82, 2.24) is 9.80 Å². The Hall–Kier alpha value is -3.81. The lowest BCUT2D eigenvalue weighted by molar-refractivity contribution is -0.140. The summed E-state index contributed by atoms with van der Waals surface area (Å²) in [6.45, 7) is 0.701. The summed E-state index contributed by atoms with van der Waals surface area (Å²) in [4.78, 5) is 28.8. The Balaban J connectivity index is 1.15. The van der Waals surface area contributed by atoms with Gasteiger partial charge in [0.25, 0.3) is 0 Å². The summed E-state index contributed by atoms with van der Waals surface area (Å²) in [6.07, 6.45) is 6.00. The molecule has 1 saturated heterocycles. The Morgan fingerprint density at radius 1 is 0.941 bits per heavy atom. The zero-order valence-corrected chi connectivity index (χ0v) is 18.1. The molecular weight excluding hydrogens is 445 g/mol. The molecular formula is C26H21F3N2O3. The molecule has 3 aliphatic rings. The van der Waals surface area contributed by atoms with Gasteiger partial charge in [0, 0.05) is 43.6 Å². The Bertz CT molecular complexity index is 1220. The normalized spacial score (nSPS) is 17.4. The molecule has 3 heterocycles. The lowest BCUT2D eigenvalue weighted by atomic mass is 9.91. The van der Waals surface area contributed by atoms with Crippen molar-refractivity contribution in [3.05, 3.63) is 95.1 Å². The lowest BCUT2D eigenvalue weighted by Crippen LogP contribution is -2.45. The van der Waals surface area contributed by atoms with Crippen LogP contribution in [0.2, 0.25) is 0 Å². The van der Waals surface area contributed by atoms with Crippen molar-refractivity contribution in [2.24, 2.45) is 0 Å². The first kappa shape index (κ1) is 22.0. The van der Waals surface area contributed by atoms with Crippen molar-refractivity contribution in [1.29, 1.82) is 0 Å². The van der Waals surface area contributed by atoms with Gasteiger partial charge in [0.2, 0.25) is 11.8 Å². The number of amides is 2. The molecule has 0 aromatic heterocycles. The summed E-state index contributed by atoms with van der Waals surface area (Å²) in [5.74, 6) is -4.82. The van der Waals surface area contributed by atoms with Crippen LogP contribution in [0.1, 0.15) is 24.8 Å². The van der Waals surface area contributed by atoms with Crippen LogP contribution < -0.4 is 4.74 Å². The zero-order valence-electron chi connectivity index (χ0n) is 18.1. The molecule has 5 rings (SSSR count).